The topological polar surface area (TPSA) is 48.7 Å². The second-order valence-corrected chi connectivity index (χ2v) is 12.0. The van der Waals surface area contributed by atoms with Crippen molar-refractivity contribution in [3.63, 3.8) is 0 Å². The summed E-state index contributed by atoms with van der Waals surface area (Å²) in [7, 11) is 0. The van der Waals surface area contributed by atoms with Gasteiger partial charge in [0.15, 0.2) is 0 Å². The Bertz CT molecular complexity index is 1270. The van der Waals surface area contributed by atoms with Gasteiger partial charge >= 0.3 is 5.97 Å². The number of aryl methyl sites for hydroxylation is 1. The lowest BCUT2D eigenvalue weighted by Crippen LogP contribution is -2.40. The predicted molar refractivity (Wildman–Crippen MR) is 151 cm³/mol. The number of rotatable bonds is 5. The van der Waals surface area contributed by atoms with E-state index in [1.54, 1.807) is 6.07 Å². The minimum Gasteiger partial charge on any atom is -0.478 e. The molecule has 1 N–H and O–H groups in total. The van der Waals surface area contributed by atoms with Crippen molar-refractivity contribution in [2.75, 3.05) is 49.1 Å². The SMILES string of the molecule is Cc1ccc2c(c1)N(CCN1CCSCC1)CCn1c-2c(C2CCCCC2)c2ccc(C(=O)O)cc21. The van der Waals surface area contributed by atoms with Crippen molar-refractivity contribution in [1.82, 2.24) is 9.47 Å². The average molecular weight is 504 g/mol. The second-order valence-electron chi connectivity index (χ2n) is 10.7. The molecule has 6 rings (SSSR count). The summed E-state index contributed by atoms with van der Waals surface area (Å²) in [6.07, 6.45) is 6.34. The van der Waals surface area contributed by atoms with Crippen molar-refractivity contribution in [2.24, 2.45) is 0 Å². The van der Waals surface area contributed by atoms with Crippen LogP contribution in [0.1, 0.15) is 59.5 Å². The van der Waals surface area contributed by atoms with E-state index >= 15 is 0 Å². The molecule has 5 nitrogen and oxygen atoms in total. The molecule has 0 spiro atoms. The van der Waals surface area contributed by atoms with Crippen LogP contribution in [0.3, 0.4) is 0 Å². The van der Waals surface area contributed by atoms with Gasteiger partial charge in [0.25, 0.3) is 0 Å². The van der Waals surface area contributed by atoms with Crippen molar-refractivity contribution in [1.29, 1.82) is 0 Å². The molecule has 36 heavy (non-hydrogen) atoms. The lowest BCUT2D eigenvalue weighted by atomic mass is 9.81. The van der Waals surface area contributed by atoms with Gasteiger partial charge in [-0.25, -0.2) is 4.79 Å². The Balaban J connectivity index is 1.48. The highest BCUT2D eigenvalue weighted by molar-refractivity contribution is 7.99. The van der Waals surface area contributed by atoms with E-state index < -0.39 is 5.97 Å². The Labute approximate surface area is 218 Å². The fourth-order valence-electron chi connectivity index (χ4n) is 6.60. The van der Waals surface area contributed by atoms with Gasteiger partial charge < -0.3 is 14.6 Å². The van der Waals surface area contributed by atoms with Crippen LogP contribution >= 0.6 is 11.8 Å². The number of aromatic nitrogens is 1. The Morgan fingerprint density at radius 2 is 1.78 bits per heavy atom. The molecule has 0 atom stereocenters. The van der Waals surface area contributed by atoms with Gasteiger partial charge in [-0.3, -0.25) is 4.90 Å². The van der Waals surface area contributed by atoms with E-state index in [0.29, 0.717) is 11.5 Å². The summed E-state index contributed by atoms with van der Waals surface area (Å²) in [5, 5.41) is 11.0. The molecule has 1 saturated carbocycles. The molecule has 190 valence electrons. The number of hydrogen-bond donors (Lipinski definition) is 1. The summed E-state index contributed by atoms with van der Waals surface area (Å²) in [6, 6.07) is 12.8. The van der Waals surface area contributed by atoms with Crippen LogP contribution in [0, 0.1) is 6.92 Å². The van der Waals surface area contributed by atoms with Gasteiger partial charge in [-0.1, -0.05) is 37.5 Å². The summed E-state index contributed by atoms with van der Waals surface area (Å²) in [4.78, 5) is 17.1. The van der Waals surface area contributed by atoms with Crippen molar-refractivity contribution in [3.05, 3.63) is 53.1 Å². The zero-order valence-corrected chi connectivity index (χ0v) is 22.2. The lowest BCUT2D eigenvalue weighted by molar-refractivity contribution is 0.0697. The molecule has 6 heteroatoms. The third-order valence-corrected chi connectivity index (χ3v) is 9.44. The van der Waals surface area contributed by atoms with E-state index in [0.717, 1.165) is 31.7 Å². The first-order valence-electron chi connectivity index (χ1n) is 13.7. The van der Waals surface area contributed by atoms with Crippen LogP contribution in [0.25, 0.3) is 22.2 Å². The number of carboxylic acid groups (broad SMARTS) is 1. The highest BCUT2D eigenvalue weighted by Crippen LogP contribution is 2.47. The molecule has 3 aliphatic rings. The number of fused-ring (bicyclic) bond motifs is 5. The Hall–Kier alpha value is -2.44. The molecule has 1 saturated heterocycles. The fourth-order valence-corrected chi connectivity index (χ4v) is 7.58. The lowest BCUT2D eigenvalue weighted by Gasteiger charge is -2.31. The molecular formula is C30H37N3O2S. The quantitative estimate of drug-likeness (QED) is 0.447. The molecular weight excluding hydrogens is 466 g/mol. The van der Waals surface area contributed by atoms with Gasteiger partial charge in [-0.05, 0) is 55.0 Å². The van der Waals surface area contributed by atoms with Crippen molar-refractivity contribution in [3.8, 4) is 11.3 Å². The van der Waals surface area contributed by atoms with Crippen LogP contribution in [0.5, 0.6) is 0 Å². The Morgan fingerprint density at radius 1 is 0.972 bits per heavy atom. The van der Waals surface area contributed by atoms with Crippen LogP contribution in [0.4, 0.5) is 5.69 Å². The van der Waals surface area contributed by atoms with E-state index in [-0.39, 0.29) is 0 Å². The number of carbonyl (C=O) groups is 1. The van der Waals surface area contributed by atoms with Crippen molar-refractivity contribution >= 4 is 34.3 Å². The van der Waals surface area contributed by atoms with Crippen LogP contribution in [0.15, 0.2) is 36.4 Å². The first-order chi connectivity index (χ1) is 17.6. The summed E-state index contributed by atoms with van der Waals surface area (Å²) in [6.45, 7) is 8.52. The minimum absolute atomic E-state index is 0.381. The van der Waals surface area contributed by atoms with Gasteiger partial charge in [0.05, 0.1) is 11.3 Å². The van der Waals surface area contributed by atoms with Crippen molar-refractivity contribution in [2.45, 2.75) is 51.5 Å². The third kappa shape index (κ3) is 4.43. The monoisotopic (exact) mass is 503 g/mol. The van der Waals surface area contributed by atoms with E-state index in [1.165, 1.54) is 90.2 Å². The molecule has 1 aliphatic carbocycles. The van der Waals surface area contributed by atoms with Gasteiger partial charge in [-0.15, -0.1) is 0 Å². The Kier molecular flexibility index (Phi) is 6.74. The summed E-state index contributed by atoms with van der Waals surface area (Å²) >= 11 is 2.07. The van der Waals surface area contributed by atoms with E-state index in [1.807, 2.05) is 6.07 Å². The zero-order chi connectivity index (χ0) is 24.6. The summed E-state index contributed by atoms with van der Waals surface area (Å²) in [5.41, 5.74) is 8.23. The molecule has 2 fully saturated rings. The zero-order valence-electron chi connectivity index (χ0n) is 21.3. The molecule has 0 radical (unpaired) electrons. The van der Waals surface area contributed by atoms with Gasteiger partial charge in [-0.2, -0.15) is 11.8 Å². The van der Waals surface area contributed by atoms with Crippen LogP contribution in [-0.4, -0.2) is 64.8 Å². The predicted octanol–water partition coefficient (Wildman–Crippen LogP) is 6.23. The first kappa shape index (κ1) is 23.9. The number of aromatic carboxylic acids is 1. The van der Waals surface area contributed by atoms with E-state index in [2.05, 4.69) is 57.3 Å². The molecule has 1 aromatic heterocycles. The number of carboxylic acids is 1. The van der Waals surface area contributed by atoms with Crippen LogP contribution < -0.4 is 4.90 Å². The number of anilines is 1. The standard InChI is InChI=1S/C30H37N3O2S/c1-21-7-9-25-26(19-21)32(12-11-31-15-17-36-18-16-31)13-14-33-27-20-23(30(34)35)8-10-24(27)28(29(25)33)22-5-3-2-4-6-22/h7-10,19-20,22H,2-6,11-18H2,1H3,(H,34,35). The van der Waals surface area contributed by atoms with Crippen molar-refractivity contribution < 1.29 is 9.90 Å². The summed E-state index contributed by atoms with van der Waals surface area (Å²) < 4.78 is 2.46. The molecule has 0 bridgehead atoms. The number of thioether (sulfide) groups is 1. The smallest absolute Gasteiger partial charge is 0.335 e. The maximum atomic E-state index is 11.9. The molecule has 0 amide bonds. The summed E-state index contributed by atoms with van der Waals surface area (Å²) in [5.74, 6) is 2.17. The molecule has 2 aliphatic heterocycles. The largest absolute Gasteiger partial charge is 0.478 e. The van der Waals surface area contributed by atoms with E-state index in [4.69, 9.17) is 0 Å². The second kappa shape index (κ2) is 10.1. The minimum atomic E-state index is -0.849. The Morgan fingerprint density at radius 3 is 2.56 bits per heavy atom. The first-order valence-corrected chi connectivity index (χ1v) is 14.8. The maximum Gasteiger partial charge on any atom is 0.335 e. The third-order valence-electron chi connectivity index (χ3n) is 8.50. The molecule has 0 unspecified atom stereocenters. The number of hydrogen-bond acceptors (Lipinski definition) is 4. The number of nitrogens with zero attached hydrogens (tertiary/aromatic N) is 3. The average Bonchev–Trinajstić information content (AvgIpc) is 3.14. The molecule has 2 aromatic carbocycles. The molecule has 3 heterocycles. The normalized spacial score (nSPS) is 19.2. The number of benzene rings is 2. The fraction of sp³-hybridized carbons (Fsp3) is 0.500. The highest BCUT2D eigenvalue weighted by Gasteiger charge is 2.31. The highest BCUT2D eigenvalue weighted by atomic mass is 32.2. The van der Waals surface area contributed by atoms with Crippen LogP contribution in [-0.2, 0) is 6.54 Å². The van der Waals surface area contributed by atoms with Gasteiger partial charge in [0.2, 0.25) is 0 Å². The van der Waals surface area contributed by atoms with Gasteiger partial charge in [0, 0.05) is 72.9 Å². The van der Waals surface area contributed by atoms with Gasteiger partial charge in [0.1, 0.15) is 0 Å². The maximum absolute atomic E-state index is 11.9. The molecule has 3 aromatic rings. The van der Waals surface area contributed by atoms with Crippen LogP contribution in [0.2, 0.25) is 0 Å². The van der Waals surface area contributed by atoms with E-state index in [9.17, 15) is 9.90 Å².